The van der Waals surface area contributed by atoms with Gasteiger partial charge in [0.1, 0.15) is 0 Å². The summed E-state index contributed by atoms with van der Waals surface area (Å²) in [6.07, 6.45) is 5.09. The average molecular weight is 167 g/mol. The lowest BCUT2D eigenvalue weighted by Gasteiger charge is -2.08. The van der Waals surface area contributed by atoms with Gasteiger partial charge in [0, 0.05) is 6.04 Å². The van der Waals surface area contributed by atoms with Crippen molar-refractivity contribution in [2.45, 2.75) is 40.2 Å². The molecule has 70 valence electrons. The highest BCUT2D eigenvalue weighted by Crippen LogP contribution is 2.10. The van der Waals surface area contributed by atoms with E-state index in [1.807, 2.05) is 6.08 Å². The molecule has 0 atom stereocenters. The second-order valence-corrected chi connectivity index (χ2v) is 3.84. The second-order valence-electron chi connectivity index (χ2n) is 3.84. The molecule has 0 saturated carbocycles. The van der Waals surface area contributed by atoms with E-state index in [4.69, 9.17) is 0 Å². The zero-order valence-electron chi connectivity index (χ0n) is 8.72. The maximum absolute atomic E-state index is 3.78. The zero-order valence-corrected chi connectivity index (χ0v) is 8.72. The number of hydrogen-bond acceptors (Lipinski definition) is 1. The third kappa shape index (κ3) is 6.02. The van der Waals surface area contributed by atoms with Gasteiger partial charge in [-0.25, -0.2) is 0 Å². The Bertz CT molecular complexity index is 154. The molecule has 0 aliphatic heterocycles. The maximum atomic E-state index is 3.78. The van der Waals surface area contributed by atoms with Gasteiger partial charge in [0.25, 0.3) is 0 Å². The van der Waals surface area contributed by atoms with Gasteiger partial charge in [-0.1, -0.05) is 26.5 Å². The summed E-state index contributed by atoms with van der Waals surface area (Å²) in [4.78, 5) is 0. The predicted octanol–water partition coefficient (Wildman–Crippen LogP) is 3.10. The first-order valence-electron chi connectivity index (χ1n) is 4.63. The number of rotatable bonds is 5. The van der Waals surface area contributed by atoms with Crippen molar-refractivity contribution in [3.8, 4) is 0 Å². The lowest BCUT2D eigenvalue weighted by atomic mass is 10.0. The van der Waals surface area contributed by atoms with E-state index in [1.54, 1.807) is 0 Å². The smallest absolute Gasteiger partial charge is 0.0199 e. The van der Waals surface area contributed by atoms with Gasteiger partial charge in [0.2, 0.25) is 0 Å². The largest absolute Gasteiger partial charge is 0.388 e. The van der Waals surface area contributed by atoms with E-state index in [9.17, 15) is 0 Å². The van der Waals surface area contributed by atoms with Crippen LogP contribution in [0.2, 0.25) is 0 Å². The highest BCUT2D eigenvalue weighted by atomic mass is 14.9. The van der Waals surface area contributed by atoms with Crippen molar-refractivity contribution in [1.82, 2.24) is 5.32 Å². The topological polar surface area (TPSA) is 12.0 Å². The molecule has 0 amide bonds. The standard InChI is InChI=1S/C11H21N/c1-6-11(7-9(2)3)8-12-10(4)5/h6,8-10,12H,1,7H2,2-5H3/b11-8+. The predicted molar refractivity (Wildman–Crippen MR) is 56.0 cm³/mol. The molecule has 0 aromatic rings. The van der Waals surface area contributed by atoms with E-state index in [2.05, 4.69) is 45.8 Å². The van der Waals surface area contributed by atoms with Crippen molar-refractivity contribution in [1.29, 1.82) is 0 Å². The van der Waals surface area contributed by atoms with E-state index in [-0.39, 0.29) is 0 Å². The van der Waals surface area contributed by atoms with Gasteiger partial charge in [-0.15, -0.1) is 0 Å². The molecule has 0 radical (unpaired) electrons. The van der Waals surface area contributed by atoms with Gasteiger partial charge in [-0.3, -0.25) is 0 Å². The van der Waals surface area contributed by atoms with Gasteiger partial charge >= 0.3 is 0 Å². The summed E-state index contributed by atoms with van der Waals surface area (Å²) >= 11 is 0. The molecule has 1 nitrogen and oxygen atoms in total. The van der Waals surface area contributed by atoms with Crippen LogP contribution in [-0.2, 0) is 0 Å². The fourth-order valence-corrected chi connectivity index (χ4v) is 0.946. The van der Waals surface area contributed by atoms with Crippen LogP contribution in [0.5, 0.6) is 0 Å². The van der Waals surface area contributed by atoms with E-state index in [0.29, 0.717) is 12.0 Å². The van der Waals surface area contributed by atoms with Gasteiger partial charge in [0.05, 0.1) is 0 Å². The lowest BCUT2D eigenvalue weighted by molar-refractivity contribution is 0.637. The van der Waals surface area contributed by atoms with Crippen LogP contribution in [-0.4, -0.2) is 6.04 Å². The van der Waals surface area contributed by atoms with E-state index >= 15 is 0 Å². The molecule has 0 saturated heterocycles. The molecule has 1 heteroatoms. The Morgan fingerprint density at radius 1 is 1.33 bits per heavy atom. The summed E-state index contributed by atoms with van der Waals surface area (Å²) in [5.41, 5.74) is 1.29. The molecule has 0 heterocycles. The minimum absolute atomic E-state index is 0.507. The molecule has 0 aromatic carbocycles. The molecule has 12 heavy (non-hydrogen) atoms. The van der Waals surface area contributed by atoms with Crippen molar-refractivity contribution in [3.63, 3.8) is 0 Å². The highest BCUT2D eigenvalue weighted by molar-refractivity contribution is 5.15. The first kappa shape index (κ1) is 11.3. The molecular formula is C11H21N. The van der Waals surface area contributed by atoms with Crippen molar-refractivity contribution in [3.05, 3.63) is 24.4 Å². The molecule has 0 fully saturated rings. The second kappa shape index (κ2) is 5.87. The van der Waals surface area contributed by atoms with Crippen molar-refractivity contribution in [2.24, 2.45) is 5.92 Å². The van der Waals surface area contributed by atoms with Crippen LogP contribution in [0.15, 0.2) is 24.4 Å². The van der Waals surface area contributed by atoms with Gasteiger partial charge in [0.15, 0.2) is 0 Å². The molecule has 0 bridgehead atoms. The molecule has 0 spiro atoms. The zero-order chi connectivity index (χ0) is 9.56. The Morgan fingerprint density at radius 2 is 1.92 bits per heavy atom. The van der Waals surface area contributed by atoms with E-state index < -0.39 is 0 Å². The first-order valence-corrected chi connectivity index (χ1v) is 4.63. The van der Waals surface area contributed by atoms with E-state index in [1.165, 1.54) is 5.57 Å². The van der Waals surface area contributed by atoms with Crippen LogP contribution >= 0.6 is 0 Å². The van der Waals surface area contributed by atoms with Gasteiger partial charge in [-0.2, -0.15) is 0 Å². The number of allylic oxidation sites excluding steroid dienone is 2. The third-order valence-electron chi connectivity index (χ3n) is 1.51. The fraction of sp³-hybridized carbons (Fsp3) is 0.636. The number of nitrogens with one attached hydrogen (secondary N) is 1. The molecular weight excluding hydrogens is 146 g/mol. The number of hydrogen-bond donors (Lipinski definition) is 1. The van der Waals surface area contributed by atoms with Crippen molar-refractivity contribution < 1.29 is 0 Å². The maximum Gasteiger partial charge on any atom is 0.0199 e. The SMILES string of the molecule is C=C/C(=C\NC(C)C)CC(C)C. The van der Waals surface area contributed by atoms with Crippen LogP contribution in [0.3, 0.4) is 0 Å². The van der Waals surface area contributed by atoms with E-state index in [0.717, 1.165) is 6.42 Å². The summed E-state index contributed by atoms with van der Waals surface area (Å²) < 4.78 is 0. The van der Waals surface area contributed by atoms with Crippen LogP contribution < -0.4 is 5.32 Å². The van der Waals surface area contributed by atoms with Crippen molar-refractivity contribution in [2.75, 3.05) is 0 Å². The summed E-state index contributed by atoms with van der Waals surface area (Å²) in [5, 5.41) is 3.27. The fourth-order valence-electron chi connectivity index (χ4n) is 0.946. The normalized spacial score (nSPS) is 12.3. The highest BCUT2D eigenvalue weighted by Gasteiger charge is 1.97. The Balaban J connectivity index is 3.95. The molecule has 0 aliphatic rings. The quantitative estimate of drug-likeness (QED) is 0.620. The summed E-state index contributed by atoms with van der Waals surface area (Å²) in [5.74, 6) is 0.697. The molecule has 0 rings (SSSR count). The Morgan fingerprint density at radius 3 is 2.25 bits per heavy atom. The minimum Gasteiger partial charge on any atom is -0.388 e. The van der Waals surface area contributed by atoms with Crippen LogP contribution in [0.4, 0.5) is 0 Å². The first-order chi connectivity index (χ1) is 5.56. The van der Waals surface area contributed by atoms with Crippen molar-refractivity contribution >= 4 is 0 Å². The third-order valence-corrected chi connectivity index (χ3v) is 1.51. The lowest BCUT2D eigenvalue weighted by Crippen LogP contribution is -2.16. The molecule has 0 aliphatic carbocycles. The van der Waals surface area contributed by atoms with Crippen LogP contribution in [0.25, 0.3) is 0 Å². The van der Waals surface area contributed by atoms with Crippen LogP contribution in [0, 0.1) is 5.92 Å². The molecule has 0 unspecified atom stereocenters. The summed E-state index contributed by atoms with van der Waals surface area (Å²) in [6, 6.07) is 0.507. The van der Waals surface area contributed by atoms with Gasteiger partial charge in [-0.05, 0) is 38.0 Å². The Hall–Kier alpha value is -0.720. The van der Waals surface area contributed by atoms with Crippen LogP contribution in [0.1, 0.15) is 34.1 Å². The monoisotopic (exact) mass is 167 g/mol. The summed E-state index contributed by atoms with van der Waals surface area (Å²) in [7, 11) is 0. The molecule has 1 N–H and O–H groups in total. The molecule has 0 aromatic heterocycles. The minimum atomic E-state index is 0.507. The van der Waals surface area contributed by atoms with Gasteiger partial charge < -0.3 is 5.32 Å². The Kier molecular flexibility index (Phi) is 5.52. The summed E-state index contributed by atoms with van der Waals surface area (Å²) in [6.45, 7) is 12.5. The average Bonchev–Trinajstić information content (AvgIpc) is 1.97. The Labute approximate surface area is 76.6 Å².